The number of carboxylic acid groups (broad SMARTS) is 2. The van der Waals surface area contributed by atoms with Crippen LogP contribution in [0.25, 0.3) is 0 Å². The van der Waals surface area contributed by atoms with Crippen LogP contribution in [0.2, 0.25) is 0 Å². The van der Waals surface area contributed by atoms with Crippen molar-refractivity contribution >= 4 is 30.8 Å². The number of carbonyl (C=O) groups is 2. The van der Waals surface area contributed by atoms with Gasteiger partial charge in [0.25, 0.3) is 0 Å². The fourth-order valence-corrected chi connectivity index (χ4v) is 0. The fourth-order valence-electron chi connectivity index (χ4n) is 0. The van der Waals surface area contributed by atoms with Gasteiger partial charge in [0.15, 0.2) is 0 Å². The second-order valence-electron chi connectivity index (χ2n) is 1.48. The Balaban J connectivity index is -0.000000180. The molecule has 0 aliphatic heterocycles. The van der Waals surface area contributed by atoms with E-state index in [1.54, 1.807) is 0 Å². The zero-order valence-electron chi connectivity index (χ0n) is 6.76. The van der Waals surface area contributed by atoms with Crippen LogP contribution in [0.3, 0.4) is 0 Å². The first kappa shape index (κ1) is 19.9. The molecule has 0 saturated heterocycles. The molecule has 0 aromatic rings. The first-order valence-corrected chi connectivity index (χ1v) is 5.18. The number of hydrogen-bond donors (Lipinski definition) is 4. The first-order chi connectivity index (χ1) is 5.89. The summed E-state index contributed by atoms with van der Waals surface area (Å²) in [6, 6.07) is 0. The minimum atomic E-state index is -4.82. The van der Waals surface area contributed by atoms with Gasteiger partial charge >= 0.3 is 30.8 Å². The predicted octanol–water partition coefficient (Wildman–Crippen LogP) is -0.898. The van der Waals surface area contributed by atoms with Gasteiger partial charge in [0.05, 0.1) is 0 Å². The third-order valence-corrected chi connectivity index (χ3v) is 1.32. The summed E-state index contributed by atoms with van der Waals surface area (Å²) >= 11 is 0. The van der Waals surface area contributed by atoms with E-state index in [1.807, 2.05) is 0 Å². The predicted molar refractivity (Wildman–Crippen MR) is 39.1 cm³/mol. The van der Waals surface area contributed by atoms with Crippen LogP contribution >= 0.6 is 0 Å². The van der Waals surface area contributed by atoms with Crippen molar-refractivity contribution in [1.82, 2.24) is 0 Å². The van der Waals surface area contributed by atoms with Gasteiger partial charge in [0.1, 0.15) is 0 Å². The van der Waals surface area contributed by atoms with Gasteiger partial charge in [-0.1, -0.05) is 0 Å². The number of rotatable bonds is 0. The molecule has 0 aromatic heterocycles. The molecule has 13 heteroatoms. The van der Waals surface area contributed by atoms with Gasteiger partial charge in [-0.2, -0.15) is 16.8 Å². The molecule has 0 atom stereocenters. The molecule has 15 heavy (non-hydrogen) atoms. The molecule has 0 radical (unpaired) electrons. The monoisotopic (exact) mass is 316 g/mol. The topological polar surface area (TPSA) is 183 Å². The zero-order valence-corrected chi connectivity index (χ0v) is 11.4. The molecule has 0 rings (SSSR count). The third-order valence-electron chi connectivity index (χ3n) is 0.441. The fraction of sp³-hybridized carbons (Fsp3) is 0. The van der Waals surface area contributed by atoms with Crippen LogP contribution in [0.4, 0.5) is 9.59 Å². The maximum atomic E-state index is 9.29. The van der Waals surface area contributed by atoms with Gasteiger partial charge < -0.3 is 10.2 Å². The maximum Gasteiger partial charge on any atom is 0.449 e. The van der Waals surface area contributed by atoms with Crippen LogP contribution in [-0.2, 0) is 39.7 Å². The van der Waals surface area contributed by atoms with Crippen molar-refractivity contribution in [3.63, 3.8) is 0 Å². The second-order valence-corrected chi connectivity index (χ2v) is 4.08. The van der Waals surface area contributed by atoms with E-state index in [2.05, 4.69) is 0 Å². The summed E-state index contributed by atoms with van der Waals surface area (Å²) in [6.07, 6.45) is 0. The van der Waals surface area contributed by atoms with E-state index in [9.17, 15) is 26.4 Å². The Bertz CT molecular complexity index is 372. The summed E-state index contributed by atoms with van der Waals surface area (Å²) in [5.74, 6) is 0. The average molecular weight is 318 g/mol. The van der Waals surface area contributed by atoms with Gasteiger partial charge in [-0.3, -0.25) is 9.11 Å². The Labute approximate surface area is 96.2 Å². The largest absolute Gasteiger partial charge is 0.468 e. The molecule has 0 heterocycles. The van der Waals surface area contributed by atoms with E-state index in [4.69, 9.17) is 19.3 Å². The molecule has 4 N–H and O–H groups in total. The van der Waals surface area contributed by atoms with Crippen LogP contribution < -0.4 is 0 Å². The van der Waals surface area contributed by atoms with Crippen molar-refractivity contribution < 1.29 is 65.2 Å². The average Bonchev–Trinajstić information content (AvgIpc) is 1.83. The molecule has 0 spiro atoms. The van der Waals surface area contributed by atoms with Gasteiger partial charge in [0.2, 0.25) is 0 Å². The van der Waals surface area contributed by atoms with Crippen LogP contribution in [0.1, 0.15) is 0 Å². The van der Waals surface area contributed by atoms with Gasteiger partial charge in [-0.15, -0.1) is 0 Å². The molecular formula is C2H4O10S2Zn. The molecule has 0 fully saturated rings. The molecular weight excluding hydrogens is 314 g/mol. The van der Waals surface area contributed by atoms with Crippen LogP contribution in [-0.4, -0.2) is 46.8 Å². The van der Waals surface area contributed by atoms with E-state index in [0.717, 1.165) is 0 Å². The van der Waals surface area contributed by atoms with Crippen LogP contribution in [0.15, 0.2) is 0 Å². The van der Waals surface area contributed by atoms with Crippen molar-refractivity contribution in [2.24, 2.45) is 0 Å². The van der Waals surface area contributed by atoms with E-state index in [1.165, 1.54) is 0 Å². The van der Waals surface area contributed by atoms with E-state index < -0.39 is 30.8 Å². The first-order valence-electron chi connectivity index (χ1n) is 2.30. The van der Waals surface area contributed by atoms with Gasteiger partial charge in [-0.05, 0) is 0 Å². The van der Waals surface area contributed by atoms with Crippen LogP contribution in [0.5, 0.6) is 0 Å². The van der Waals surface area contributed by atoms with Gasteiger partial charge in [-0.25, -0.2) is 9.59 Å². The summed E-state index contributed by atoms with van der Waals surface area (Å²) in [6.45, 7) is 0. The van der Waals surface area contributed by atoms with Crippen LogP contribution in [0, 0.1) is 0 Å². The summed E-state index contributed by atoms with van der Waals surface area (Å²) in [7, 11) is -9.65. The van der Waals surface area contributed by atoms with Crippen molar-refractivity contribution in [1.29, 1.82) is 0 Å². The molecule has 0 unspecified atom stereocenters. The minimum absolute atomic E-state index is 0. The molecule has 0 amide bonds. The SMILES string of the molecule is O=C(O)S(=O)(=O)O.O=C(O)S(=O)(=O)O.[Zn]. The summed E-state index contributed by atoms with van der Waals surface area (Å²) < 4.78 is 52.1. The Morgan fingerprint density at radius 1 is 0.733 bits per heavy atom. The molecule has 0 aliphatic rings. The van der Waals surface area contributed by atoms with E-state index >= 15 is 0 Å². The summed E-state index contributed by atoms with van der Waals surface area (Å²) in [5, 5.41) is 10.4. The standard InChI is InChI=1S/2CH2O5S.Zn/c2*2-1(3)7(4,5)6;/h2*(H,2,3)(H,4,5,6);. The van der Waals surface area contributed by atoms with Crippen molar-refractivity contribution in [2.45, 2.75) is 0 Å². The van der Waals surface area contributed by atoms with Crippen molar-refractivity contribution in [2.75, 3.05) is 0 Å². The normalized spacial score (nSPS) is 10.3. The Hall–Kier alpha value is -0.617. The molecule has 0 bridgehead atoms. The molecule has 0 aliphatic carbocycles. The Kier molecular flexibility index (Phi) is 9.00. The second kappa shape index (κ2) is 6.79. The number of hydrogen-bond acceptors (Lipinski definition) is 6. The molecule has 0 aromatic carbocycles. The molecule has 86 valence electrons. The Morgan fingerprint density at radius 2 is 0.800 bits per heavy atom. The summed E-state index contributed by atoms with van der Waals surface area (Å²) in [5.41, 5.74) is 0. The van der Waals surface area contributed by atoms with E-state index in [0.29, 0.717) is 0 Å². The summed E-state index contributed by atoms with van der Waals surface area (Å²) in [4.78, 5) is 18.4. The quantitative estimate of drug-likeness (QED) is 0.322. The van der Waals surface area contributed by atoms with E-state index in [-0.39, 0.29) is 19.5 Å². The zero-order chi connectivity index (χ0) is 12.2. The minimum Gasteiger partial charge on any atom is -0.468 e. The van der Waals surface area contributed by atoms with Crippen molar-refractivity contribution in [3.05, 3.63) is 0 Å². The maximum absolute atomic E-state index is 9.29. The molecule has 0 saturated carbocycles. The third kappa shape index (κ3) is 13.4. The Morgan fingerprint density at radius 3 is 0.800 bits per heavy atom. The molecule has 10 nitrogen and oxygen atoms in total. The smallest absolute Gasteiger partial charge is 0.449 e. The van der Waals surface area contributed by atoms with Gasteiger partial charge in [0, 0.05) is 19.5 Å². The van der Waals surface area contributed by atoms with Crippen molar-refractivity contribution in [3.8, 4) is 0 Å².